The van der Waals surface area contributed by atoms with Gasteiger partial charge in [-0.15, -0.1) is 11.3 Å². The molecule has 2 aromatic rings. The van der Waals surface area contributed by atoms with Gasteiger partial charge in [0.25, 0.3) is 11.4 Å². The van der Waals surface area contributed by atoms with Gasteiger partial charge in [0.05, 0.1) is 9.85 Å². The van der Waals surface area contributed by atoms with Crippen molar-refractivity contribution < 1.29 is 9.85 Å². The third-order valence-electron chi connectivity index (χ3n) is 2.18. The molecule has 86 valence electrons. The van der Waals surface area contributed by atoms with Crippen molar-refractivity contribution in [2.45, 2.75) is 0 Å². The van der Waals surface area contributed by atoms with E-state index in [2.05, 4.69) is 0 Å². The van der Waals surface area contributed by atoms with Gasteiger partial charge in [0.1, 0.15) is 4.88 Å². The second kappa shape index (κ2) is 4.30. The number of non-ortho nitro benzene ring substituents is 1. The maximum atomic E-state index is 10.7. The lowest BCUT2D eigenvalue weighted by Gasteiger charge is -1.97. The monoisotopic (exact) mass is 250 g/mol. The van der Waals surface area contributed by atoms with Crippen LogP contribution in [0.25, 0.3) is 10.4 Å². The quantitative estimate of drug-likeness (QED) is 0.618. The molecule has 7 heteroatoms. The molecule has 0 fully saturated rings. The Bertz CT molecular complexity index is 576. The van der Waals surface area contributed by atoms with Crippen molar-refractivity contribution in [2.75, 3.05) is 0 Å². The van der Waals surface area contributed by atoms with Crippen LogP contribution in [-0.2, 0) is 0 Å². The van der Waals surface area contributed by atoms with Crippen LogP contribution in [0.15, 0.2) is 35.7 Å². The Balaban J connectivity index is 2.43. The summed E-state index contributed by atoms with van der Waals surface area (Å²) in [6, 6.07) is 7.10. The molecular weight excluding hydrogens is 244 g/mol. The van der Waals surface area contributed by atoms with E-state index in [1.807, 2.05) is 0 Å². The zero-order valence-electron chi connectivity index (χ0n) is 8.40. The molecule has 0 saturated carbocycles. The number of rotatable bonds is 3. The third kappa shape index (κ3) is 2.13. The largest absolute Gasteiger partial charge is 0.287 e. The predicted octanol–water partition coefficient (Wildman–Crippen LogP) is 3.23. The summed E-state index contributed by atoms with van der Waals surface area (Å²) in [7, 11) is 0. The highest BCUT2D eigenvalue weighted by molar-refractivity contribution is 7.14. The fourth-order valence-electron chi connectivity index (χ4n) is 1.40. The molecular formula is C10H6N2O4S. The smallest absolute Gasteiger partial charge is 0.258 e. The average Bonchev–Trinajstić information content (AvgIpc) is 2.78. The van der Waals surface area contributed by atoms with E-state index >= 15 is 0 Å². The number of nitrogens with zero attached hydrogens (tertiary/aromatic N) is 2. The molecule has 6 nitrogen and oxygen atoms in total. The Kier molecular flexibility index (Phi) is 2.84. The lowest BCUT2D eigenvalue weighted by molar-refractivity contribution is -0.385. The van der Waals surface area contributed by atoms with Crippen molar-refractivity contribution in [1.82, 2.24) is 0 Å². The van der Waals surface area contributed by atoms with Crippen LogP contribution in [0, 0.1) is 20.2 Å². The Morgan fingerprint density at radius 1 is 0.941 bits per heavy atom. The molecule has 0 atom stereocenters. The van der Waals surface area contributed by atoms with Crippen molar-refractivity contribution in [2.24, 2.45) is 0 Å². The predicted molar refractivity (Wildman–Crippen MR) is 63.1 cm³/mol. The van der Waals surface area contributed by atoms with Gasteiger partial charge in [-0.3, -0.25) is 20.2 Å². The van der Waals surface area contributed by atoms with Gasteiger partial charge < -0.3 is 0 Å². The van der Waals surface area contributed by atoms with Gasteiger partial charge in [0.2, 0.25) is 0 Å². The molecule has 0 spiro atoms. The Morgan fingerprint density at radius 3 is 2.12 bits per heavy atom. The number of benzene rings is 1. The van der Waals surface area contributed by atoms with Gasteiger partial charge in [-0.1, -0.05) is 0 Å². The summed E-state index contributed by atoms with van der Waals surface area (Å²) in [5, 5.41) is 22.8. The van der Waals surface area contributed by atoms with Crippen molar-refractivity contribution in [3.63, 3.8) is 0 Å². The molecule has 2 rings (SSSR count). The first-order valence-corrected chi connectivity index (χ1v) is 5.44. The molecule has 0 aliphatic rings. The number of nitro benzene ring substituents is 1. The van der Waals surface area contributed by atoms with Gasteiger partial charge in [0, 0.05) is 18.2 Å². The molecule has 0 unspecified atom stereocenters. The molecule has 0 saturated heterocycles. The zero-order valence-corrected chi connectivity index (χ0v) is 9.22. The van der Waals surface area contributed by atoms with E-state index in [1.165, 1.54) is 41.7 Å². The van der Waals surface area contributed by atoms with Gasteiger partial charge in [-0.2, -0.15) is 0 Å². The molecule has 0 aliphatic carbocycles. The van der Waals surface area contributed by atoms with E-state index in [1.54, 1.807) is 5.38 Å². The van der Waals surface area contributed by atoms with Crippen LogP contribution < -0.4 is 0 Å². The Labute approximate surface area is 99.4 Å². The molecule has 0 bridgehead atoms. The van der Waals surface area contributed by atoms with Crippen molar-refractivity contribution in [3.8, 4) is 10.4 Å². The maximum absolute atomic E-state index is 10.7. The van der Waals surface area contributed by atoms with Crippen LogP contribution in [-0.4, -0.2) is 9.85 Å². The molecule has 0 radical (unpaired) electrons. The normalized spacial score (nSPS) is 10.1. The average molecular weight is 250 g/mol. The van der Waals surface area contributed by atoms with E-state index in [-0.39, 0.29) is 11.4 Å². The molecule has 17 heavy (non-hydrogen) atoms. The van der Waals surface area contributed by atoms with Gasteiger partial charge >= 0.3 is 0 Å². The number of hydrogen-bond acceptors (Lipinski definition) is 5. The van der Waals surface area contributed by atoms with E-state index in [0.29, 0.717) is 10.4 Å². The summed E-state index contributed by atoms with van der Waals surface area (Å²) in [6.45, 7) is 0. The fraction of sp³-hybridized carbons (Fsp3) is 0. The van der Waals surface area contributed by atoms with Crippen LogP contribution in [0.1, 0.15) is 0 Å². The highest BCUT2D eigenvalue weighted by atomic mass is 32.1. The lowest BCUT2D eigenvalue weighted by Crippen LogP contribution is -1.89. The molecule has 0 aliphatic heterocycles. The molecule has 1 heterocycles. The molecule has 0 N–H and O–H groups in total. The zero-order chi connectivity index (χ0) is 12.4. The van der Waals surface area contributed by atoms with Crippen LogP contribution in [0.4, 0.5) is 11.4 Å². The second-order valence-corrected chi connectivity index (χ2v) is 4.11. The Morgan fingerprint density at radius 2 is 1.59 bits per heavy atom. The first-order chi connectivity index (χ1) is 8.09. The summed E-state index contributed by atoms with van der Waals surface area (Å²) in [5.74, 6) is 0. The minimum Gasteiger partial charge on any atom is -0.258 e. The summed E-state index contributed by atoms with van der Waals surface area (Å²) in [6.07, 6.45) is 0. The van der Waals surface area contributed by atoms with Crippen LogP contribution >= 0.6 is 11.3 Å². The summed E-state index contributed by atoms with van der Waals surface area (Å²) >= 11 is 1.23. The number of thiophene rings is 1. The van der Waals surface area contributed by atoms with E-state index < -0.39 is 9.85 Å². The van der Waals surface area contributed by atoms with Gasteiger partial charge in [0.15, 0.2) is 0 Å². The molecule has 1 aromatic carbocycles. The summed E-state index contributed by atoms with van der Waals surface area (Å²) in [5.41, 5.74) is 0.592. The molecule has 1 aromatic heterocycles. The van der Waals surface area contributed by atoms with E-state index in [9.17, 15) is 20.2 Å². The van der Waals surface area contributed by atoms with Crippen LogP contribution in [0.2, 0.25) is 0 Å². The highest BCUT2D eigenvalue weighted by Gasteiger charge is 2.17. The second-order valence-electron chi connectivity index (χ2n) is 3.20. The van der Waals surface area contributed by atoms with Gasteiger partial charge in [-0.05, 0) is 23.1 Å². The SMILES string of the molecule is O=[N+]([O-])c1ccc(-c2sccc2[N+](=O)[O-])cc1. The van der Waals surface area contributed by atoms with Crippen molar-refractivity contribution in [3.05, 3.63) is 55.9 Å². The van der Waals surface area contributed by atoms with Crippen LogP contribution in [0.5, 0.6) is 0 Å². The minimum atomic E-state index is -0.507. The van der Waals surface area contributed by atoms with E-state index in [0.717, 1.165) is 0 Å². The first-order valence-electron chi connectivity index (χ1n) is 4.56. The summed E-state index contributed by atoms with van der Waals surface area (Å²) in [4.78, 5) is 20.7. The van der Waals surface area contributed by atoms with Gasteiger partial charge in [-0.25, -0.2) is 0 Å². The Hall–Kier alpha value is -2.28. The number of hydrogen-bond donors (Lipinski definition) is 0. The van der Waals surface area contributed by atoms with E-state index in [4.69, 9.17) is 0 Å². The summed E-state index contributed by atoms with van der Waals surface area (Å²) < 4.78 is 0. The number of nitro groups is 2. The topological polar surface area (TPSA) is 86.3 Å². The third-order valence-corrected chi connectivity index (χ3v) is 3.13. The highest BCUT2D eigenvalue weighted by Crippen LogP contribution is 2.35. The molecule has 0 amide bonds. The first kappa shape index (κ1) is 11.2. The standard InChI is InChI=1S/C10H6N2O4S/c13-11(14)8-3-1-7(2-4-8)10-9(12(15)16)5-6-17-10/h1-6H. The lowest BCUT2D eigenvalue weighted by atomic mass is 10.1. The maximum Gasteiger partial charge on any atom is 0.287 e. The van der Waals surface area contributed by atoms with Crippen molar-refractivity contribution >= 4 is 22.7 Å². The minimum absolute atomic E-state index is 0.0175. The van der Waals surface area contributed by atoms with Crippen molar-refractivity contribution in [1.29, 1.82) is 0 Å². The van der Waals surface area contributed by atoms with Crippen LogP contribution in [0.3, 0.4) is 0 Å². The fourth-order valence-corrected chi connectivity index (χ4v) is 2.27.